The van der Waals surface area contributed by atoms with Crippen molar-refractivity contribution in [1.29, 1.82) is 0 Å². The Morgan fingerprint density at radius 1 is 0.444 bits per heavy atom. The van der Waals surface area contributed by atoms with Crippen molar-refractivity contribution >= 4 is 27.9 Å². The van der Waals surface area contributed by atoms with Crippen LogP contribution in [0.4, 0.5) is 39.5 Å². The summed E-state index contributed by atoms with van der Waals surface area (Å²) in [6, 6.07) is 0. The highest BCUT2D eigenvalue weighted by Crippen LogP contribution is 2.34. The molecule has 0 aromatic rings. The molecule has 0 saturated carbocycles. The molecular formula is C3F9O3Si3. The second kappa shape index (κ2) is 4.78. The van der Waals surface area contributed by atoms with Gasteiger partial charge in [0.1, 0.15) is 0 Å². The van der Waals surface area contributed by atoms with Crippen LogP contribution in [0.15, 0.2) is 0 Å². The third-order valence-corrected chi connectivity index (χ3v) is 7.09. The molecule has 0 unspecified atom stereocenters. The fourth-order valence-electron chi connectivity index (χ4n) is 0.662. The van der Waals surface area contributed by atoms with Gasteiger partial charge in [-0.3, -0.25) is 0 Å². The first-order valence-electron chi connectivity index (χ1n) is 3.68. The molecule has 1 heterocycles. The van der Waals surface area contributed by atoms with Crippen LogP contribution in [0.5, 0.6) is 0 Å². The van der Waals surface area contributed by atoms with Crippen LogP contribution >= 0.6 is 0 Å². The van der Waals surface area contributed by atoms with Crippen LogP contribution in [0.2, 0.25) is 0 Å². The first kappa shape index (κ1) is 16.0. The standard InChI is InChI=1S/C3F9O3Si3/c4-1(5,6)16-13-17(2(7,8)9)15-18(14-16)3(10,11)12. The smallest absolute Gasteiger partial charge is 0.402 e. The van der Waals surface area contributed by atoms with Crippen molar-refractivity contribution < 1.29 is 51.9 Å². The Morgan fingerprint density at radius 3 is 0.722 bits per heavy atom. The molecule has 3 nitrogen and oxygen atoms in total. The van der Waals surface area contributed by atoms with Crippen molar-refractivity contribution in [3.05, 3.63) is 0 Å². The van der Waals surface area contributed by atoms with E-state index in [0.717, 1.165) is 0 Å². The van der Waals surface area contributed by atoms with Crippen LogP contribution in [-0.2, 0) is 12.3 Å². The van der Waals surface area contributed by atoms with Gasteiger partial charge in [-0.05, 0) is 0 Å². The SMILES string of the molecule is FC(F)(F)[Si]1O[Si](C(F)(F)F)O[Si](C(F)(F)F)O1. The Bertz CT molecular complexity index is 245. The van der Waals surface area contributed by atoms with Gasteiger partial charge >= 0.3 is 45.3 Å². The molecular weight excluding hydrogens is 339 g/mol. The van der Waals surface area contributed by atoms with Gasteiger partial charge in [-0.25, -0.2) is 0 Å². The van der Waals surface area contributed by atoms with Crippen molar-refractivity contribution in [2.75, 3.05) is 0 Å². The van der Waals surface area contributed by atoms with Gasteiger partial charge in [0, 0.05) is 0 Å². The van der Waals surface area contributed by atoms with E-state index in [4.69, 9.17) is 0 Å². The highest BCUT2D eigenvalue weighted by atomic mass is 28.5. The number of rotatable bonds is 0. The van der Waals surface area contributed by atoms with E-state index >= 15 is 0 Å². The van der Waals surface area contributed by atoms with Crippen LogP contribution in [0, 0.1) is 0 Å². The predicted octanol–water partition coefficient (Wildman–Crippen LogP) is 1.82. The van der Waals surface area contributed by atoms with Crippen LogP contribution < -0.4 is 0 Å². The highest BCUT2D eigenvalue weighted by molar-refractivity contribution is 6.75. The molecule has 1 aliphatic rings. The molecule has 0 atom stereocenters. The fourth-order valence-corrected chi connectivity index (χ4v) is 7.09. The Hall–Kier alpha value is -0.0994. The zero-order valence-corrected chi connectivity index (χ0v) is 10.6. The van der Waals surface area contributed by atoms with E-state index in [-0.39, 0.29) is 0 Å². The minimum atomic E-state index is -5.41. The summed E-state index contributed by atoms with van der Waals surface area (Å²) in [5.74, 6) is -16.2. The van der Waals surface area contributed by atoms with E-state index in [1.165, 1.54) is 0 Å². The Kier molecular flexibility index (Phi) is 4.24. The average molecular weight is 339 g/mol. The first-order chi connectivity index (χ1) is 7.82. The average Bonchev–Trinajstić information content (AvgIpc) is 2.13. The second-order valence-corrected chi connectivity index (χ2v) is 8.54. The first-order valence-corrected chi connectivity index (χ1v) is 7.63. The maximum absolute atomic E-state index is 12.1. The quantitative estimate of drug-likeness (QED) is 0.498. The van der Waals surface area contributed by atoms with Gasteiger partial charge in [0.05, 0.1) is 0 Å². The van der Waals surface area contributed by atoms with Crippen LogP contribution in [0.3, 0.4) is 0 Å². The number of hydrogen-bond acceptors (Lipinski definition) is 3. The zero-order valence-electron chi connectivity index (χ0n) is 7.63. The molecule has 0 N–H and O–H groups in total. The third-order valence-electron chi connectivity index (χ3n) is 1.25. The number of alkyl halides is 9. The highest BCUT2D eigenvalue weighted by Gasteiger charge is 2.67. The largest absolute Gasteiger partial charge is 0.493 e. The number of halogens is 9. The summed E-state index contributed by atoms with van der Waals surface area (Å²) in [5, 5.41) is 0. The molecule has 1 rings (SSSR count). The second-order valence-electron chi connectivity index (χ2n) is 2.66. The lowest BCUT2D eigenvalue weighted by atomic mass is 11.5. The third kappa shape index (κ3) is 3.95. The van der Waals surface area contributed by atoms with E-state index in [0.29, 0.717) is 0 Å². The fraction of sp³-hybridized carbons (Fsp3) is 1.00. The van der Waals surface area contributed by atoms with Crippen molar-refractivity contribution in [2.24, 2.45) is 0 Å². The number of hydrogen-bond donors (Lipinski definition) is 0. The van der Waals surface area contributed by atoms with Crippen LogP contribution in [0.1, 0.15) is 0 Å². The van der Waals surface area contributed by atoms with Gasteiger partial charge in [0.25, 0.3) is 0 Å². The Morgan fingerprint density at radius 2 is 0.611 bits per heavy atom. The molecule has 0 aliphatic carbocycles. The van der Waals surface area contributed by atoms with E-state index in [1.54, 1.807) is 0 Å². The molecule has 3 radical (unpaired) electrons. The predicted molar refractivity (Wildman–Crippen MR) is 38.7 cm³/mol. The summed E-state index contributed by atoms with van der Waals surface area (Å²) in [4.78, 5) is 0. The normalized spacial score (nSPS) is 22.5. The van der Waals surface area contributed by atoms with E-state index < -0.39 is 45.3 Å². The molecule has 105 valence electrons. The van der Waals surface area contributed by atoms with Crippen molar-refractivity contribution in [1.82, 2.24) is 0 Å². The lowest BCUT2D eigenvalue weighted by Crippen LogP contribution is -2.63. The summed E-state index contributed by atoms with van der Waals surface area (Å²) in [5.41, 5.74) is 0. The lowest BCUT2D eigenvalue weighted by molar-refractivity contribution is -0.113. The molecule has 0 aromatic heterocycles. The van der Waals surface area contributed by atoms with Gasteiger partial charge in [0.15, 0.2) is 0 Å². The van der Waals surface area contributed by atoms with E-state index in [9.17, 15) is 39.5 Å². The monoisotopic (exact) mass is 339 g/mol. The summed E-state index contributed by atoms with van der Waals surface area (Å²) < 4.78 is 119. The zero-order chi connectivity index (χ0) is 14.4. The van der Waals surface area contributed by atoms with Gasteiger partial charge in [-0.15, -0.1) is 0 Å². The molecule has 18 heavy (non-hydrogen) atoms. The molecule has 15 heteroatoms. The minimum Gasteiger partial charge on any atom is -0.402 e. The van der Waals surface area contributed by atoms with Crippen LogP contribution in [-0.4, -0.2) is 45.3 Å². The van der Waals surface area contributed by atoms with Gasteiger partial charge in [-0.2, -0.15) is 39.5 Å². The van der Waals surface area contributed by atoms with Crippen LogP contribution in [0.25, 0.3) is 0 Å². The molecule has 1 fully saturated rings. The van der Waals surface area contributed by atoms with E-state index in [2.05, 4.69) is 12.3 Å². The topological polar surface area (TPSA) is 27.7 Å². The summed E-state index contributed by atoms with van der Waals surface area (Å²) >= 11 is 0. The van der Waals surface area contributed by atoms with Crippen molar-refractivity contribution in [3.63, 3.8) is 0 Å². The molecule has 0 amide bonds. The minimum absolute atomic E-state index is 3.48. The molecule has 1 saturated heterocycles. The van der Waals surface area contributed by atoms with Crippen molar-refractivity contribution in [3.8, 4) is 0 Å². The molecule has 0 bridgehead atoms. The molecule has 0 aromatic carbocycles. The van der Waals surface area contributed by atoms with Gasteiger partial charge in [0.2, 0.25) is 0 Å². The Labute approximate surface area is 98.0 Å². The Balaban J connectivity index is 2.93. The van der Waals surface area contributed by atoms with Gasteiger partial charge < -0.3 is 12.3 Å². The summed E-state index contributed by atoms with van der Waals surface area (Å²) in [6.45, 7) is 0. The van der Waals surface area contributed by atoms with Crippen molar-refractivity contribution in [2.45, 2.75) is 17.4 Å². The molecule has 1 aliphatic heterocycles. The van der Waals surface area contributed by atoms with Gasteiger partial charge in [-0.1, -0.05) is 0 Å². The maximum Gasteiger partial charge on any atom is 0.493 e. The maximum atomic E-state index is 12.1. The summed E-state index contributed by atoms with van der Waals surface area (Å²) in [7, 11) is -14.1. The van der Waals surface area contributed by atoms with E-state index in [1.807, 2.05) is 0 Å². The lowest BCUT2D eigenvalue weighted by Gasteiger charge is -2.32. The molecule has 0 spiro atoms. The summed E-state index contributed by atoms with van der Waals surface area (Å²) in [6.07, 6.45) is 0.